The van der Waals surface area contributed by atoms with E-state index in [1.807, 2.05) is 11.0 Å². The molecule has 0 aromatic heterocycles. The Morgan fingerprint density at radius 1 is 1.00 bits per heavy atom. The molecule has 0 spiro atoms. The summed E-state index contributed by atoms with van der Waals surface area (Å²) in [5, 5.41) is 0.942. The summed E-state index contributed by atoms with van der Waals surface area (Å²) < 4.78 is 0. The molecule has 1 aromatic carbocycles. The van der Waals surface area contributed by atoms with Crippen molar-refractivity contribution < 1.29 is 9.59 Å². The van der Waals surface area contributed by atoms with E-state index in [1.165, 1.54) is 6.08 Å². The van der Waals surface area contributed by atoms with Gasteiger partial charge in [0.05, 0.1) is 10.0 Å². The van der Waals surface area contributed by atoms with Crippen LogP contribution in [0.5, 0.6) is 0 Å². The fourth-order valence-electron chi connectivity index (χ4n) is 3.77. The van der Waals surface area contributed by atoms with E-state index in [2.05, 4.69) is 16.8 Å². The normalized spacial score (nSPS) is 19.5. The molecule has 3 rings (SSSR count). The van der Waals surface area contributed by atoms with Crippen LogP contribution in [0.2, 0.25) is 10.0 Å². The van der Waals surface area contributed by atoms with Crippen molar-refractivity contribution in [2.75, 3.05) is 66.0 Å². The second kappa shape index (κ2) is 11.1. The van der Waals surface area contributed by atoms with Crippen molar-refractivity contribution >= 4 is 41.1 Å². The first-order chi connectivity index (χ1) is 14.4. The van der Waals surface area contributed by atoms with Gasteiger partial charge in [0.1, 0.15) is 0 Å². The summed E-state index contributed by atoms with van der Waals surface area (Å²) >= 11 is 11.9. The molecular weight excluding hydrogens is 423 g/mol. The smallest absolute Gasteiger partial charge is 0.246 e. The number of piperazine rings is 1. The summed E-state index contributed by atoms with van der Waals surface area (Å²) in [4.78, 5) is 33.5. The van der Waals surface area contributed by atoms with Gasteiger partial charge in [-0.1, -0.05) is 29.3 Å². The molecule has 8 heteroatoms. The third-order valence-electron chi connectivity index (χ3n) is 5.76. The molecule has 2 amide bonds. The highest BCUT2D eigenvalue weighted by Crippen LogP contribution is 2.23. The van der Waals surface area contributed by atoms with Crippen LogP contribution in [-0.4, -0.2) is 97.4 Å². The molecule has 1 aromatic rings. The molecule has 0 atom stereocenters. The average molecular weight is 453 g/mol. The van der Waals surface area contributed by atoms with Gasteiger partial charge in [0.15, 0.2) is 0 Å². The molecule has 0 radical (unpaired) electrons. The fraction of sp³-hybridized carbons (Fsp3) is 0.545. The maximum Gasteiger partial charge on any atom is 0.246 e. The van der Waals surface area contributed by atoms with E-state index in [4.69, 9.17) is 23.2 Å². The van der Waals surface area contributed by atoms with Crippen LogP contribution >= 0.6 is 23.2 Å². The number of carbonyl (C=O) groups is 2. The molecule has 2 heterocycles. The first kappa shape index (κ1) is 23.1. The number of hydrogen-bond donors (Lipinski definition) is 0. The number of hydrogen-bond acceptors (Lipinski definition) is 4. The van der Waals surface area contributed by atoms with Crippen molar-refractivity contribution in [2.45, 2.75) is 12.8 Å². The van der Waals surface area contributed by atoms with Crippen LogP contribution in [0, 0.1) is 0 Å². The van der Waals surface area contributed by atoms with Gasteiger partial charge in [0, 0.05) is 64.9 Å². The number of likely N-dealkylation sites (N-methyl/N-ethyl adjacent to an activating group) is 1. The molecular formula is C22H30Cl2N4O2. The third-order valence-corrected chi connectivity index (χ3v) is 6.50. The lowest BCUT2D eigenvalue weighted by molar-refractivity contribution is -0.130. The predicted molar refractivity (Wildman–Crippen MR) is 122 cm³/mol. The van der Waals surface area contributed by atoms with Gasteiger partial charge in [0.25, 0.3) is 0 Å². The Kier molecular flexibility index (Phi) is 8.57. The minimum Gasteiger partial charge on any atom is -0.341 e. The highest BCUT2D eigenvalue weighted by atomic mass is 35.5. The van der Waals surface area contributed by atoms with Gasteiger partial charge < -0.3 is 19.6 Å². The zero-order chi connectivity index (χ0) is 21.5. The molecule has 2 fully saturated rings. The Morgan fingerprint density at radius 3 is 2.50 bits per heavy atom. The zero-order valence-electron chi connectivity index (χ0n) is 17.5. The molecule has 2 aliphatic rings. The monoisotopic (exact) mass is 452 g/mol. The molecule has 30 heavy (non-hydrogen) atoms. The number of amides is 2. The number of halogens is 2. The van der Waals surface area contributed by atoms with Crippen molar-refractivity contribution in [3.05, 3.63) is 39.9 Å². The molecule has 2 saturated heterocycles. The largest absolute Gasteiger partial charge is 0.341 e. The second-order valence-corrected chi connectivity index (χ2v) is 8.78. The predicted octanol–water partition coefficient (Wildman–Crippen LogP) is 2.71. The molecule has 0 saturated carbocycles. The molecule has 0 N–H and O–H groups in total. The van der Waals surface area contributed by atoms with E-state index in [-0.39, 0.29) is 11.8 Å². The topological polar surface area (TPSA) is 47.1 Å². The van der Waals surface area contributed by atoms with Crippen LogP contribution in [0.3, 0.4) is 0 Å². The van der Waals surface area contributed by atoms with Crippen LogP contribution < -0.4 is 0 Å². The summed E-state index contributed by atoms with van der Waals surface area (Å²) in [5.41, 5.74) is 0.814. The summed E-state index contributed by atoms with van der Waals surface area (Å²) in [7, 11) is 2.15. The van der Waals surface area contributed by atoms with E-state index in [0.29, 0.717) is 36.1 Å². The van der Waals surface area contributed by atoms with Crippen molar-refractivity contribution in [3.63, 3.8) is 0 Å². The lowest BCUT2D eigenvalue weighted by atomic mass is 10.2. The Bertz CT molecular complexity index is 778. The van der Waals surface area contributed by atoms with E-state index >= 15 is 0 Å². The Hall–Kier alpha value is -1.60. The minimum atomic E-state index is -0.0897. The molecule has 0 unspecified atom stereocenters. The van der Waals surface area contributed by atoms with Gasteiger partial charge in [-0.2, -0.15) is 0 Å². The lowest BCUT2D eigenvalue weighted by Gasteiger charge is -2.32. The van der Waals surface area contributed by atoms with E-state index in [0.717, 1.165) is 51.3 Å². The molecule has 0 aliphatic carbocycles. The van der Waals surface area contributed by atoms with E-state index < -0.39 is 0 Å². The summed E-state index contributed by atoms with van der Waals surface area (Å²) in [6.45, 7) is 7.79. The van der Waals surface area contributed by atoms with Crippen LogP contribution in [-0.2, 0) is 9.59 Å². The Labute approximate surface area is 189 Å². The van der Waals surface area contributed by atoms with Crippen molar-refractivity contribution in [1.82, 2.24) is 19.6 Å². The molecule has 6 nitrogen and oxygen atoms in total. The highest BCUT2D eigenvalue weighted by molar-refractivity contribution is 6.42. The van der Waals surface area contributed by atoms with Crippen molar-refractivity contribution in [2.24, 2.45) is 0 Å². The molecule has 164 valence electrons. The lowest BCUT2D eigenvalue weighted by Crippen LogP contribution is -2.45. The number of benzene rings is 1. The van der Waals surface area contributed by atoms with Crippen LogP contribution in [0.15, 0.2) is 24.3 Å². The number of rotatable bonds is 6. The number of nitrogens with zero attached hydrogens (tertiary/aromatic N) is 4. The zero-order valence-corrected chi connectivity index (χ0v) is 19.0. The second-order valence-electron chi connectivity index (χ2n) is 7.96. The van der Waals surface area contributed by atoms with Gasteiger partial charge in [-0.3, -0.25) is 9.59 Å². The van der Waals surface area contributed by atoms with Crippen LogP contribution in [0.25, 0.3) is 6.08 Å². The SMILES string of the molecule is CN1CCN(CCCN2CCN(C(=O)C=Cc3ccc(Cl)c(Cl)c3)CCC2=O)CC1. The van der Waals surface area contributed by atoms with Crippen LogP contribution in [0.4, 0.5) is 0 Å². The maximum atomic E-state index is 12.6. The summed E-state index contributed by atoms with van der Waals surface area (Å²) in [6.07, 6.45) is 4.61. The van der Waals surface area contributed by atoms with Crippen LogP contribution in [0.1, 0.15) is 18.4 Å². The standard InChI is InChI=1S/C22H30Cl2N4O2/c1-25-11-13-26(14-12-25)8-2-9-27-15-16-28(10-7-22(27)30)21(29)6-4-18-3-5-19(23)20(24)17-18/h3-6,17H,2,7-16H2,1H3. The van der Waals surface area contributed by atoms with E-state index in [9.17, 15) is 9.59 Å². The van der Waals surface area contributed by atoms with E-state index in [1.54, 1.807) is 23.1 Å². The quantitative estimate of drug-likeness (QED) is 0.622. The molecule has 0 bridgehead atoms. The van der Waals surface area contributed by atoms with Gasteiger partial charge in [0.2, 0.25) is 11.8 Å². The average Bonchev–Trinajstić information content (AvgIpc) is 2.92. The van der Waals surface area contributed by atoms with Crippen molar-refractivity contribution in [1.29, 1.82) is 0 Å². The number of carbonyl (C=O) groups excluding carboxylic acids is 2. The van der Waals surface area contributed by atoms with Gasteiger partial charge in [-0.05, 0) is 43.8 Å². The fourth-order valence-corrected chi connectivity index (χ4v) is 4.08. The van der Waals surface area contributed by atoms with Gasteiger partial charge >= 0.3 is 0 Å². The van der Waals surface area contributed by atoms with Crippen molar-refractivity contribution in [3.8, 4) is 0 Å². The first-order valence-corrected chi connectivity index (χ1v) is 11.3. The third kappa shape index (κ3) is 6.71. The molecule has 2 aliphatic heterocycles. The summed E-state index contributed by atoms with van der Waals surface area (Å²) in [6, 6.07) is 5.24. The highest BCUT2D eigenvalue weighted by Gasteiger charge is 2.23. The van der Waals surface area contributed by atoms with Gasteiger partial charge in [-0.15, -0.1) is 0 Å². The minimum absolute atomic E-state index is 0.0897. The van der Waals surface area contributed by atoms with Gasteiger partial charge in [-0.25, -0.2) is 0 Å². The Balaban J connectivity index is 1.45. The Morgan fingerprint density at radius 2 is 1.77 bits per heavy atom. The maximum absolute atomic E-state index is 12.6. The summed E-state index contributed by atoms with van der Waals surface area (Å²) in [5.74, 6) is 0.0466. The first-order valence-electron chi connectivity index (χ1n) is 10.5.